The number of aromatic hydroxyl groups is 1. The molecule has 0 saturated carbocycles. The van der Waals surface area contributed by atoms with Crippen LogP contribution in [-0.2, 0) is 26.2 Å². The SMILES string of the molecule is CCCC(NC=O)OC(=O)Cc1cc(C(C)(C)c2ccc(C)c(C)c2)ccc1Oc1ccc(Sc2ccc(O)cc2)cc1. The van der Waals surface area contributed by atoms with Gasteiger partial charge in [0.15, 0.2) is 6.23 Å². The van der Waals surface area contributed by atoms with Crippen LogP contribution in [0, 0.1) is 13.8 Å². The van der Waals surface area contributed by atoms with E-state index in [-0.39, 0.29) is 17.6 Å². The maximum absolute atomic E-state index is 13.1. The average molecular weight is 598 g/mol. The number of carbonyl (C=O) groups is 2. The first kappa shape index (κ1) is 31.7. The van der Waals surface area contributed by atoms with E-state index in [0.29, 0.717) is 29.9 Å². The van der Waals surface area contributed by atoms with Crippen molar-refractivity contribution in [1.29, 1.82) is 0 Å². The molecule has 0 aliphatic rings. The van der Waals surface area contributed by atoms with Gasteiger partial charge in [0.1, 0.15) is 17.2 Å². The third-order valence-corrected chi connectivity index (χ3v) is 8.56. The smallest absolute Gasteiger partial charge is 0.312 e. The normalized spacial score (nSPS) is 11.9. The summed E-state index contributed by atoms with van der Waals surface area (Å²) in [4.78, 5) is 26.1. The molecular weight excluding hydrogens is 558 g/mol. The molecule has 4 aromatic carbocycles. The first-order chi connectivity index (χ1) is 20.6. The Labute approximate surface area is 258 Å². The maximum Gasteiger partial charge on any atom is 0.312 e. The summed E-state index contributed by atoms with van der Waals surface area (Å²) in [5.74, 6) is 0.986. The van der Waals surface area contributed by atoms with E-state index < -0.39 is 12.2 Å². The van der Waals surface area contributed by atoms with Crippen LogP contribution in [0.1, 0.15) is 61.4 Å². The highest BCUT2D eigenvalue weighted by Crippen LogP contribution is 2.37. The Bertz CT molecular complexity index is 1550. The van der Waals surface area contributed by atoms with Gasteiger partial charge < -0.3 is 19.9 Å². The summed E-state index contributed by atoms with van der Waals surface area (Å²) in [7, 11) is 0. The molecule has 4 aromatic rings. The Kier molecular flexibility index (Phi) is 10.5. The molecule has 0 bridgehead atoms. The molecule has 1 unspecified atom stereocenters. The summed E-state index contributed by atoms with van der Waals surface area (Å²) < 4.78 is 11.9. The van der Waals surface area contributed by atoms with Gasteiger partial charge in [0, 0.05) is 27.2 Å². The van der Waals surface area contributed by atoms with Crippen LogP contribution in [0.3, 0.4) is 0 Å². The Morgan fingerprint density at radius 3 is 2.16 bits per heavy atom. The van der Waals surface area contributed by atoms with Gasteiger partial charge in [-0.15, -0.1) is 0 Å². The lowest BCUT2D eigenvalue weighted by atomic mass is 9.76. The van der Waals surface area contributed by atoms with Crippen molar-refractivity contribution in [1.82, 2.24) is 5.32 Å². The molecule has 6 nitrogen and oxygen atoms in total. The number of esters is 1. The highest BCUT2D eigenvalue weighted by atomic mass is 32.2. The van der Waals surface area contributed by atoms with E-state index >= 15 is 0 Å². The van der Waals surface area contributed by atoms with E-state index in [1.165, 1.54) is 16.7 Å². The molecule has 43 heavy (non-hydrogen) atoms. The second kappa shape index (κ2) is 14.3. The number of benzene rings is 4. The molecule has 1 amide bonds. The van der Waals surface area contributed by atoms with Gasteiger partial charge in [-0.25, -0.2) is 0 Å². The van der Waals surface area contributed by atoms with Gasteiger partial charge in [-0.2, -0.15) is 0 Å². The van der Waals surface area contributed by atoms with E-state index in [0.717, 1.165) is 21.8 Å². The van der Waals surface area contributed by atoms with E-state index in [1.807, 2.05) is 61.5 Å². The highest BCUT2D eigenvalue weighted by Gasteiger charge is 2.26. The molecule has 0 heterocycles. The fourth-order valence-corrected chi connectivity index (χ4v) is 5.54. The summed E-state index contributed by atoms with van der Waals surface area (Å²) in [6.07, 6.45) is 1.16. The van der Waals surface area contributed by atoms with E-state index in [4.69, 9.17) is 9.47 Å². The Hall–Kier alpha value is -4.23. The largest absolute Gasteiger partial charge is 0.508 e. The van der Waals surface area contributed by atoms with Crippen LogP contribution in [0.25, 0.3) is 0 Å². The molecule has 7 heteroatoms. The minimum Gasteiger partial charge on any atom is -0.508 e. The number of hydrogen-bond acceptors (Lipinski definition) is 6. The standard InChI is InChI=1S/C36H39NO5S/c1-6-7-34(37-23-38)42-35(40)22-26-21-28(36(4,5)27-9-8-24(2)25(3)20-27)10-19-33(26)41-30-13-17-32(18-14-30)43-31-15-11-29(39)12-16-31/h8-21,23,34,39H,6-7,22H2,1-5H3,(H,37,38). The molecule has 0 spiro atoms. The number of amides is 1. The zero-order valence-electron chi connectivity index (χ0n) is 25.3. The van der Waals surface area contributed by atoms with Gasteiger partial charge in [0.2, 0.25) is 6.41 Å². The lowest BCUT2D eigenvalue weighted by Crippen LogP contribution is -2.33. The molecule has 0 saturated heterocycles. The fraction of sp³-hybridized carbons (Fsp3) is 0.278. The predicted molar refractivity (Wildman–Crippen MR) is 171 cm³/mol. The van der Waals surface area contributed by atoms with Gasteiger partial charge in [0.25, 0.3) is 0 Å². The average Bonchev–Trinajstić information content (AvgIpc) is 2.97. The van der Waals surface area contributed by atoms with Crippen molar-refractivity contribution in [2.45, 2.75) is 75.3 Å². The number of ether oxygens (including phenoxy) is 2. The van der Waals surface area contributed by atoms with Crippen molar-refractivity contribution in [2.24, 2.45) is 0 Å². The number of rotatable bonds is 13. The molecule has 0 fully saturated rings. The molecule has 2 N–H and O–H groups in total. The van der Waals surface area contributed by atoms with E-state index in [1.54, 1.807) is 23.9 Å². The lowest BCUT2D eigenvalue weighted by molar-refractivity contribution is -0.150. The molecule has 1 atom stereocenters. The molecule has 224 valence electrons. The van der Waals surface area contributed by atoms with Crippen molar-refractivity contribution in [2.75, 3.05) is 0 Å². The van der Waals surface area contributed by atoms with Crippen molar-refractivity contribution >= 4 is 24.1 Å². The van der Waals surface area contributed by atoms with Crippen LogP contribution in [0.4, 0.5) is 0 Å². The number of nitrogens with one attached hydrogen (secondary N) is 1. The second-order valence-electron chi connectivity index (χ2n) is 11.1. The Balaban J connectivity index is 1.61. The second-order valence-corrected chi connectivity index (χ2v) is 12.3. The van der Waals surface area contributed by atoms with Crippen LogP contribution in [-0.4, -0.2) is 23.7 Å². The topological polar surface area (TPSA) is 84.9 Å². The van der Waals surface area contributed by atoms with Crippen LogP contribution in [0.5, 0.6) is 17.2 Å². The maximum atomic E-state index is 13.1. The molecule has 4 rings (SSSR count). The van der Waals surface area contributed by atoms with Crippen molar-refractivity contribution in [3.63, 3.8) is 0 Å². The summed E-state index contributed by atoms with van der Waals surface area (Å²) in [5, 5.41) is 12.1. The van der Waals surface area contributed by atoms with Gasteiger partial charge in [-0.1, -0.05) is 69.3 Å². The molecule has 0 aliphatic carbocycles. The molecular formula is C36H39NO5S. The van der Waals surface area contributed by atoms with Gasteiger partial charge in [-0.3, -0.25) is 9.59 Å². The first-order valence-electron chi connectivity index (χ1n) is 14.4. The number of phenols is 1. The zero-order valence-corrected chi connectivity index (χ0v) is 26.2. The first-order valence-corrected chi connectivity index (χ1v) is 15.3. The number of aryl methyl sites for hydroxylation is 2. The van der Waals surface area contributed by atoms with Crippen molar-refractivity contribution in [3.8, 4) is 17.2 Å². The highest BCUT2D eigenvalue weighted by molar-refractivity contribution is 7.99. The van der Waals surface area contributed by atoms with Gasteiger partial charge in [-0.05, 0) is 90.7 Å². The minimum absolute atomic E-state index is 0.0122. The minimum atomic E-state index is -0.673. The van der Waals surface area contributed by atoms with Crippen LogP contribution in [0.2, 0.25) is 0 Å². The number of phenolic OH excluding ortho intramolecular Hbond substituents is 1. The fourth-order valence-electron chi connectivity index (χ4n) is 4.73. The van der Waals surface area contributed by atoms with Crippen molar-refractivity contribution < 1.29 is 24.2 Å². The third-order valence-electron chi connectivity index (χ3n) is 7.55. The molecule has 0 aliphatic heterocycles. The quantitative estimate of drug-likeness (QED) is 0.0917. The van der Waals surface area contributed by atoms with E-state index in [9.17, 15) is 14.7 Å². The summed E-state index contributed by atoms with van der Waals surface area (Å²) in [6.45, 7) is 10.5. The predicted octanol–water partition coefficient (Wildman–Crippen LogP) is 8.24. The molecule has 0 aromatic heterocycles. The zero-order chi connectivity index (χ0) is 31.0. The van der Waals surface area contributed by atoms with E-state index in [2.05, 4.69) is 51.2 Å². The summed E-state index contributed by atoms with van der Waals surface area (Å²) >= 11 is 1.58. The van der Waals surface area contributed by atoms with Crippen LogP contribution >= 0.6 is 11.8 Å². The van der Waals surface area contributed by atoms with Crippen LogP contribution < -0.4 is 10.1 Å². The summed E-state index contributed by atoms with van der Waals surface area (Å²) in [5.41, 5.74) is 5.06. The third kappa shape index (κ3) is 8.42. The van der Waals surface area contributed by atoms with Gasteiger partial charge in [0.05, 0.1) is 6.42 Å². The lowest BCUT2D eigenvalue weighted by Gasteiger charge is -2.28. The Morgan fingerprint density at radius 2 is 1.53 bits per heavy atom. The Morgan fingerprint density at radius 1 is 0.907 bits per heavy atom. The number of carbonyl (C=O) groups excluding carboxylic acids is 2. The monoisotopic (exact) mass is 597 g/mol. The van der Waals surface area contributed by atoms with Crippen molar-refractivity contribution in [3.05, 3.63) is 113 Å². The van der Waals surface area contributed by atoms with Crippen LogP contribution in [0.15, 0.2) is 94.7 Å². The van der Waals surface area contributed by atoms with Gasteiger partial charge >= 0.3 is 5.97 Å². The molecule has 0 radical (unpaired) electrons. The number of hydrogen-bond donors (Lipinski definition) is 2. The summed E-state index contributed by atoms with van der Waals surface area (Å²) in [6, 6.07) is 27.3.